The van der Waals surface area contributed by atoms with Gasteiger partial charge in [0.2, 0.25) is 0 Å². The molecule has 3 aromatic carbocycles. The molecule has 0 radical (unpaired) electrons. The van der Waals surface area contributed by atoms with E-state index < -0.39 is 5.97 Å². The number of ether oxygens (including phenoxy) is 1. The van der Waals surface area contributed by atoms with E-state index in [2.05, 4.69) is 21.2 Å². The van der Waals surface area contributed by atoms with Gasteiger partial charge in [0.1, 0.15) is 10.6 Å². The van der Waals surface area contributed by atoms with Crippen LogP contribution in [0.2, 0.25) is 0 Å². The molecule has 32 heavy (non-hydrogen) atoms. The van der Waals surface area contributed by atoms with Crippen molar-refractivity contribution >= 4 is 44.1 Å². The molecule has 0 aliphatic carbocycles. The highest BCUT2D eigenvalue weighted by molar-refractivity contribution is 9.10. The zero-order valence-electron chi connectivity index (χ0n) is 17.3. The molecule has 0 atom stereocenters. The highest BCUT2D eigenvalue weighted by atomic mass is 79.9. The van der Waals surface area contributed by atoms with Crippen LogP contribution in [0, 0.1) is 0 Å². The van der Waals surface area contributed by atoms with Gasteiger partial charge in [0.25, 0.3) is 5.91 Å². The van der Waals surface area contributed by atoms with E-state index in [4.69, 9.17) is 4.74 Å². The summed E-state index contributed by atoms with van der Waals surface area (Å²) in [5, 5.41) is 5.23. The van der Waals surface area contributed by atoms with E-state index in [0.29, 0.717) is 16.1 Å². The van der Waals surface area contributed by atoms with Crippen LogP contribution in [0.5, 0.6) is 0 Å². The molecule has 1 N–H and O–H groups in total. The van der Waals surface area contributed by atoms with Crippen LogP contribution < -0.4 is 5.32 Å². The van der Waals surface area contributed by atoms with Crippen LogP contribution >= 0.6 is 27.3 Å². The second-order valence-corrected chi connectivity index (χ2v) is 8.77. The summed E-state index contributed by atoms with van der Waals surface area (Å²) < 4.78 is 6.22. The maximum Gasteiger partial charge on any atom is 0.341 e. The minimum Gasteiger partial charge on any atom is -0.462 e. The Morgan fingerprint density at radius 3 is 2.16 bits per heavy atom. The van der Waals surface area contributed by atoms with Gasteiger partial charge in [-0.2, -0.15) is 0 Å². The van der Waals surface area contributed by atoms with Crippen molar-refractivity contribution in [2.24, 2.45) is 0 Å². The lowest BCUT2D eigenvalue weighted by Crippen LogP contribution is -2.14. The topological polar surface area (TPSA) is 55.4 Å². The van der Waals surface area contributed by atoms with Crippen molar-refractivity contribution in [3.05, 3.63) is 99.8 Å². The molecule has 1 aromatic heterocycles. The second kappa shape index (κ2) is 9.94. The van der Waals surface area contributed by atoms with E-state index >= 15 is 0 Å². The summed E-state index contributed by atoms with van der Waals surface area (Å²) >= 11 is 4.74. The van der Waals surface area contributed by atoms with Crippen molar-refractivity contribution in [1.82, 2.24) is 0 Å². The minimum atomic E-state index is -0.457. The molecule has 4 aromatic rings. The molecule has 0 saturated heterocycles. The summed E-state index contributed by atoms with van der Waals surface area (Å²) in [6.07, 6.45) is 0. The molecule has 6 heteroatoms. The first kappa shape index (κ1) is 22.0. The first-order chi connectivity index (χ1) is 15.6. The summed E-state index contributed by atoms with van der Waals surface area (Å²) in [5.41, 5.74) is 4.60. The smallest absolute Gasteiger partial charge is 0.341 e. The van der Waals surface area contributed by atoms with Gasteiger partial charge in [0, 0.05) is 21.0 Å². The number of hydrogen-bond acceptors (Lipinski definition) is 4. The van der Waals surface area contributed by atoms with E-state index in [-0.39, 0.29) is 12.5 Å². The number of thiophene rings is 1. The Kier molecular flexibility index (Phi) is 6.83. The summed E-state index contributed by atoms with van der Waals surface area (Å²) in [7, 11) is 0. The van der Waals surface area contributed by atoms with E-state index in [1.54, 1.807) is 19.1 Å². The van der Waals surface area contributed by atoms with Crippen LogP contribution in [0.15, 0.2) is 88.7 Å². The molecule has 0 saturated carbocycles. The lowest BCUT2D eigenvalue weighted by molar-refractivity contribution is 0.0529. The van der Waals surface area contributed by atoms with Crippen molar-refractivity contribution in [3.8, 4) is 22.3 Å². The fourth-order valence-electron chi connectivity index (χ4n) is 3.32. The molecule has 0 unspecified atom stereocenters. The van der Waals surface area contributed by atoms with Crippen LogP contribution in [-0.4, -0.2) is 18.5 Å². The van der Waals surface area contributed by atoms with Gasteiger partial charge in [-0.05, 0) is 47.9 Å². The predicted molar refractivity (Wildman–Crippen MR) is 133 cm³/mol. The average Bonchev–Trinajstić information content (AvgIpc) is 3.24. The molecule has 0 aliphatic heterocycles. The number of halogens is 1. The maximum atomic E-state index is 12.9. The molecule has 1 heterocycles. The Morgan fingerprint density at radius 2 is 1.50 bits per heavy atom. The molecule has 0 spiro atoms. The third-order valence-electron chi connectivity index (χ3n) is 4.91. The molecule has 160 valence electrons. The Balaban J connectivity index is 1.61. The fraction of sp³-hybridized carbons (Fsp3) is 0.0769. The van der Waals surface area contributed by atoms with Gasteiger partial charge in [-0.25, -0.2) is 4.79 Å². The summed E-state index contributed by atoms with van der Waals surface area (Å²) in [5.74, 6) is -0.735. The molecular formula is C26H20BrNO3S. The van der Waals surface area contributed by atoms with Crippen molar-refractivity contribution in [3.63, 3.8) is 0 Å². The highest BCUT2D eigenvalue weighted by Crippen LogP contribution is 2.37. The number of carbonyl (C=O) groups excluding carboxylic acids is 2. The lowest BCUT2D eigenvalue weighted by Gasteiger charge is -2.09. The Morgan fingerprint density at radius 1 is 0.875 bits per heavy atom. The number of nitrogens with one attached hydrogen (secondary N) is 1. The van der Waals surface area contributed by atoms with Crippen LogP contribution in [-0.2, 0) is 4.74 Å². The number of carbonyl (C=O) groups is 2. The van der Waals surface area contributed by atoms with Crippen molar-refractivity contribution in [2.45, 2.75) is 6.92 Å². The highest BCUT2D eigenvalue weighted by Gasteiger charge is 2.23. The number of hydrogen-bond donors (Lipinski definition) is 1. The zero-order valence-corrected chi connectivity index (χ0v) is 19.7. The third-order valence-corrected chi connectivity index (χ3v) is 6.33. The standard InChI is InChI=1S/C26H20BrNO3S/c1-2-31-26(30)23-22(19-12-14-21(27)15-13-19)16-32-25(23)28-24(29)20-10-8-18(9-11-20)17-6-4-3-5-7-17/h3-16H,2H2,1H3,(H,28,29). The summed E-state index contributed by atoms with van der Waals surface area (Å²) in [4.78, 5) is 25.7. The molecule has 0 bridgehead atoms. The number of esters is 1. The van der Waals surface area contributed by atoms with Crippen molar-refractivity contribution in [2.75, 3.05) is 11.9 Å². The third kappa shape index (κ3) is 4.82. The second-order valence-electron chi connectivity index (χ2n) is 6.98. The normalized spacial score (nSPS) is 10.6. The summed E-state index contributed by atoms with van der Waals surface area (Å²) in [6, 6.07) is 25.0. The molecule has 0 fully saturated rings. The van der Waals surface area contributed by atoms with Gasteiger partial charge in [0.15, 0.2) is 0 Å². The van der Waals surface area contributed by atoms with E-state index in [1.807, 2.05) is 72.1 Å². The zero-order chi connectivity index (χ0) is 22.5. The van der Waals surface area contributed by atoms with Crippen molar-refractivity contribution < 1.29 is 14.3 Å². The van der Waals surface area contributed by atoms with Gasteiger partial charge in [-0.3, -0.25) is 4.79 Å². The molecule has 1 amide bonds. The Hall–Kier alpha value is -3.22. The first-order valence-electron chi connectivity index (χ1n) is 10.1. The van der Waals surface area contributed by atoms with Gasteiger partial charge < -0.3 is 10.1 Å². The monoisotopic (exact) mass is 505 g/mol. The van der Waals surface area contributed by atoms with Crippen LogP contribution in [0.4, 0.5) is 5.00 Å². The van der Waals surface area contributed by atoms with Gasteiger partial charge >= 0.3 is 5.97 Å². The van der Waals surface area contributed by atoms with E-state index in [9.17, 15) is 9.59 Å². The van der Waals surface area contributed by atoms with Gasteiger partial charge in [-0.15, -0.1) is 11.3 Å². The fourth-order valence-corrected chi connectivity index (χ4v) is 4.53. The Bertz CT molecular complexity index is 1230. The van der Waals surface area contributed by atoms with Crippen LogP contribution in [0.3, 0.4) is 0 Å². The number of anilines is 1. The van der Waals surface area contributed by atoms with Crippen molar-refractivity contribution in [1.29, 1.82) is 0 Å². The van der Waals surface area contributed by atoms with Gasteiger partial charge in [-0.1, -0.05) is 70.5 Å². The molecular weight excluding hydrogens is 486 g/mol. The first-order valence-corrected chi connectivity index (χ1v) is 11.8. The average molecular weight is 506 g/mol. The maximum absolute atomic E-state index is 12.9. The Labute approximate surface area is 199 Å². The molecule has 0 aliphatic rings. The predicted octanol–water partition coefficient (Wildman–Crippen LogP) is 7.27. The quantitative estimate of drug-likeness (QED) is 0.280. The largest absolute Gasteiger partial charge is 0.462 e. The molecule has 4 rings (SSSR count). The van der Waals surface area contributed by atoms with E-state index in [1.165, 1.54) is 11.3 Å². The number of amides is 1. The van der Waals surface area contributed by atoms with Gasteiger partial charge in [0.05, 0.1) is 6.61 Å². The number of rotatable bonds is 6. The lowest BCUT2D eigenvalue weighted by atomic mass is 10.0. The van der Waals surface area contributed by atoms with Crippen LogP contribution in [0.1, 0.15) is 27.6 Å². The number of benzene rings is 3. The SMILES string of the molecule is CCOC(=O)c1c(-c2ccc(Br)cc2)csc1NC(=O)c1ccc(-c2ccccc2)cc1. The van der Waals surface area contributed by atoms with Crippen LogP contribution in [0.25, 0.3) is 22.3 Å². The molecule has 4 nitrogen and oxygen atoms in total. The summed E-state index contributed by atoms with van der Waals surface area (Å²) in [6.45, 7) is 2.01. The minimum absolute atomic E-state index is 0.253. The van der Waals surface area contributed by atoms with E-state index in [0.717, 1.165) is 26.7 Å².